The first kappa shape index (κ1) is 47.1. The zero-order valence-corrected chi connectivity index (χ0v) is 32.1. The fourth-order valence-corrected chi connectivity index (χ4v) is 5.87. The van der Waals surface area contributed by atoms with Gasteiger partial charge in [0.25, 0.3) is 0 Å². The molecular formula is C41H77NO7. The predicted molar refractivity (Wildman–Crippen MR) is 201 cm³/mol. The van der Waals surface area contributed by atoms with Gasteiger partial charge in [0.05, 0.1) is 31.6 Å². The highest BCUT2D eigenvalue weighted by molar-refractivity contribution is 5.78. The second-order valence-corrected chi connectivity index (χ2v) is 13.8. The van der Waals surface area contributed by atoms with Gasteiger partial charge in [-0.3, -0.25) is 14.4 Å². The van der Waals surface area contributed by atoms with E-state index >= 15 is 0 Å². The van der Waals surface area contributed by atoms with Crippen molar-refractivity contribution in [3.05, 3.63) is 12.2 Å². The Bertz CT molecular complexity index is 788. The molecule has 49 heavy (non-hydrogen) atoms. The lowest BCUT2D eigenvalue weighted by Gasteiger charge is -2.22. The highest BCUT2D eigenvalue weighted by Crippen LogP contribution is 2.14. The molecule has 2 atom stereocenters. The number of aliphatic hydroxyl groups excluding tert-OH is 1. The molecule has 1 amide bonds. The molecule has 288 valence electrons. The summed E-state index contributed by atoms with van der Waals surface area (Å²) in [6.07, 6.45) is 34.0. The Hall–Kier alpha value is -1.93. The summed E-state index contributed by atoms with van der Waals surface area (Å²) in [6, 6.07) is -0.749. The van der Waals surface area contributed by atoms with Gasteiger partial charge in [-0.25, -0.2) is 0 Å². The van der Waals surface area contributed by atoms with Gasteiger partial charge in [0, 0.05) is 13.5 Å². The van der Waals surface area contributed by atoms with Crippen molar-refractivity contribution >= 4 is 17.8 Å². The molecule has 0 fully saturated rings. The minimum absolute atomic E-state index is 0.0972. The first-order chi connectivity index (χ1) is 23.9. The van der Waals surface area contributed by atoms with E-state index < -0.39 is 24.1 Å². The van der Waals surface area contributed by atoms with Gasteiger partial charge in [-0.1, -0.05) is 167 Å². The number of esters is 2. The van der Waals surface area contributed by atoms with Gasteiger partial charge in [-0.2, -0.15) is 0 Å². The molecule has 8 nitrogen and oxygen atoms in total. The number of carbonyl (C=O) groups is 3. The van der Waals surface area contributed by atoms with Crippen molar-refractivity contribution in [2.75, 3.05) is 26.9 Å². The fourth-order valence-electron chi connectivity index (χ4n) is 5.87. The summed E-state index contributed by atoms with van der Waals surface area (Å²) in [5, 5.41) is 13.8. The van der Waals surface area contributed by atoms with Crippen LogP contribution in [0.3, 0.4) is 0 Å². The molecule has 0 saturated heterocycles. The van der Waals surface area contributed by atoms with Gasteiger partial charge in [-0.05, 0) is 19.3 Å². The van der Waals surface area contributed by atoms with E-state index in [1.165, 1.54) is 136 Å². The van der Waals surface area contributed by atoms with E-state index in [0.717, 1.165) is 32.1 Å². The number of hydrogen-bond donors (Lipinski definition) is 2. The summed E-state index contributed by atoms with van der Waals surface area (Å²) >= 11 is 0. The zero-order valence-electron chi connectivity index (χ0n) is 32.1. The number of methoxy groups -OCH3 is 1. The number of rotatable bonds is 37. The summed E-state index contributed by atoms with van der Waals surface area (Å²) < 4.78 is 15.2. The van der Waals surface area contributed by atoms with Gasteiger partial charge >= 0.3 is 11.9 Å². The van der Waals surface area contributed by atoms with E-state index in [1.807, 2.05) is 6.08 Å². The van der Waals surface area contributed by atoms with E-state index in [0.29, 0.717) is 13.0 Å². The number of unbranched alkanes of at least 4 members (excludes halogenated alkanes) is 23. The maximum Gasteiger partial charge on any atom is 0.306 e. The summed E-state index contributed by atoms with van der Waals surface area (Å²) in [7, 11) is 1.52. The van der Waals surface area contributed by atoms with Crippen molar-refractivity contribution in [3.63, 3.8) is 0 Å². The maximum atomic E-state index is 12.8. The van der Waals surface area contributed by atoms with Crippen LogP contribution in [0.5, 0.6) is 0 Å². The lowest BCUT2D eigenvalue weighted by atomic mass is 10.0. The Labute approximate surface area is 301 Å². The van der Waals surface area contributed by atoms with Crippen LogP contribution in [0.25, 0.3) is 0 Å². The minimum atomic E-state index is -0.977. The van der Waals surface area contributed by atoms with Crippen molar-refractivity contribution in [1.29, 1.82) is 0 Å². The van der Waals surface area contributed by atoms with Gasteiger partial charge in [0.15, 0.2) is 0 Å². The Balaban J connectivity index is 4.45. The molecular weight excluding hydrogens is 618 g/mol. The first-order valence-corrected chi connectivity index (χ1v) is 20.4. The molecule has 0 aromatic rings. The molecule has 0 heterocycles. The van der Waals surface area contributed by atoms with Gasteiger partial charge in [0.1, 0.15) is 13.2 Å². The molecule has 0 saturated carbocycles. The molecule has 0 radical (unpaired) electrons. The first-order valence-electron chi connectivity index (χ1n) is 20.4. The molecule has 0 aliphatic heterocycles. The number of hydrogen-bond acceptors (Lipinski definition) is 7. The highest BCUT2D eigenvalue weighted by Gasteiger charge is 2.21. The average molecular weight is 696 g/mol. The van der Waals surface area contributed by atoms with Crippen LogP contribution in [0.1, 0.15) is 194 Å². The Morgan fingerprint density at radius 2 is 1.00 bits per heavy atom. The molecule has 0 bridgehead atoms. The molecule has 0 aliphatic carbocycles. The smallest absolute Gasteiger partial charge is 0.306 e. The van der Waals surface area contributed by atoms with Crippen molar-refractivity contribution in [1.82, 2.24) is 5.32 Å². The number of ether oxygens (including phenoxy) is 3. The maximum absolute atomic E-state index is 12.8. The second-order valence-electron chi connectivity index (χ2n) is 13.8. The quantitative estimate of drug-likeness (QED) is 0.0378. The predicted octanol–water partition coefficient (Wildman–Crippen LogP) is 10.1. The van der Waals surface area contributed by atoms with E-state index in [2.05, 4.69) is 19.2 Å². The summed E-state index contributed by atoms with van der Waals surface area (Å²) in [5.41, 5.74) is 0. The second kappa shape index (κ2) is 37.3. The third-order valence-electron chi connectivity index (χ3n) is 9.08. The lowest BCUT2D eigenvalue weighted by molar-refractivity contribution is -0.151. The number of amides is 1. The van der Waals surface area contributed by atoms with Crippen molar-refractivity contribution in [2.45, 2.75) is 206 Å². The Morgan fingerprint density at radius 3 is 1.47 bits per heavy atom. The van der Waals surface area contributed by atoms with E-state index in [9.17, 15) is 19.5 Å². The van der Waals surface area contributed by atoms with E-state index in [1.54, 1.807) is 6.08 Å². The molecule has 0 aromatic carbocycles. The van der Waals surface area contributed by atoms with Crippen molar-refractivity contribution < 1.29 is 33.7 Å². The monoisotopic (exact) mass is 696 g/mol. The van der Waals surface area contributed by atoms with E-state index in [-0.39, 0.29) is 32.0 Å². The van der Waals surface area contributed by atoms with Crippen LogP contribution in [0.2, 0.25) is 0 Å². The van der Waals surface area contributed by atoms with Crippen LogP contribution in [-0.2, 0) is 28.6 Å². The third-order valence-corrected chi connectivity index (χ3v) is 9.08. The molecule has 2 N–H and O–H groups in total. The molecule has 0 aliphatic rings. The third kappa shape index (κ3) is 34.3. The van der Waals surface area contributed by atoms with Gasteiger partial charge < -0.3 is 24.6 Å². The highest BCUT2D eigenvalue weighted by atomic mass is 16.6. The zero-order chi connectivity index (χ0) is 36.0. The molecule has 0 rings (SSSR count). The van der Waals surface area contributed by atoms with Crippen molar-refractivity contribution in [3.8, 4) is 0 Å². The summed E-state index contributed by atoms with van der Waals surface area (Å²) in [6.45, 7) is 4.77. The number of carbonyl (C=O) groups excluding carboxylic acids is 3. The Morgan fingerprint density at radius 1 is 0.571 bits per heavy atom. The lowest BCUT2D eigenvalue weighted by Crippen LogP contribution is -2.46. The molecule has 8 heteroatoms. The topological polar surface area (TPSA) is 111 Å². The van der Waals surface area contributed by atoms with Gasteiger partial charge in [0.2, 0.25) is 5.91 Å². The van der Waals surface area contributed by atoms with Crippen LogP contribution in [0.15, 0.2) is 12.2 Å². The van der Waals surface area contributed by atoms with Crippen LogP contribution in [-0.4, -0.2) is 62.0 Å². The minimum Gasteiger partial charge on any atom is -0.463 e. The number of allylic oxidation sites excluding steroid dienone is 1. The van der Waals surface area contributed by atoms with Crippen LogP contribution < -0.4 is 5.32 Å². The number of nitrogens with one attached hydrogen (secondary N) is 1. The Kier molecular flexibility index (Phi) is 35.9. The summed E-state index contributed by atoms with van der Waals surface area (Å²) in [4.78, 5) is 36.9. The van der Waals surface area contributed by atoms with Crippen LogP contribution >= 0.6 is 0 Å². The molecule has 2 unspecified atom stereocenters. The summed E-state index contributed by atoms with van der Waals surface area (Å²) in [5.74, 6) is -1.22. The van der Waals surface area contributed by atoms with Gasteiger partial charge in [-0.15, -0.1) is 0 Å². The largest absolute Gasteiger partial charge is 0.463 e. The SMILES string of the molecule is CCCCCCCCCCCCC/C=C/C(O)C(COC(=O)CCC(=O)OCCOC)NC(=O)CCCCCCCCCCCCCCC. The molecule has 0 spiro atoms. The van der Waals surface area contributed by atoms with Crippen LogP contribution in [0, 0.1) is 0 Å². The number of aliphatic hydroxyl groups is 1. The fraction of sp³-hybridized carbons (Fsp3) is 0.878. The van der Waals surface area contributed by atoms with Crippen LogP contribution in [0.4, 0.5) is 0 Å². The average Bonchev–Trinajstić information content (AvgIpc) is 3.09. The van der Waals surface area contributed by atoms with Crippen molar-refractivity contribution in [2.24, 2.45) is 0 Å². The molecule has 0 aromatic heterocycles. The standard InChI is InChI=1S/C41H77NO7/c1-4-6-8-10-12-14-16-18-20-22-24-26-28-30-38(43)37(36-49-41(46)33-32-40(45)48-35-34-47-3)42-39(44)31-29-27-25-23-21-19-17-15-13-11-9-7-5-2/h28,30,37-38,43H,4-27,29,31-36H2,1-3H3,(H,42,44)/b30-28+. The normalized spacial score (nSPS) is 12.7. The van der Waals surface area contributed by atoms with E-state index in [4.69, 9.17) is 14.2 Å².